The van der Waals surface area contributed by atoms with E-state index in [1.54, 1.807) is 11.3 Å². The second kappa shape index (κ2) is 7.59. The van der Waals surface area contributed by atoms with Gasteiger partial charge in [0.25, 0.3) is 0 Å². The van der Waals surface area contributed by atoms with Crippen molar-refractivity contribution in [3.05, 3.63) is 17.0 Å². The van der Waals surface area contributed by atoms with Gasteiger partial charge in [-0.25, -0.2) is 15.0 Å². The van der Waals surface area contributed by atoms with Crippen LogP contribution >= 0.6 is 11.3 Å². The number of ether oxygens (including phenoxy) is 2. The second-order valence-electron chi connectivity index (χ2n) is 8.35. The molecular formula is C22H27N5O2S. The van der Waals surface area contributed by atoms with E-state index in [0.29, 0.717) is 0 Å². The molecule has 0 bridgehead atoms. The van der Waals surface area contributed by atoms with Gasteiger partial charge in [-0.2, -0.15) is 0 Å². The lowest BCUT2D eigenvalue weighted by atomic mass is 9.90. The van der Waals surface area contributed by atoms with Gasteiger partial charge in [0.2, 0.25) is 0 Å². The summed E-state index contributed by atoms with van der Waals surface area (Å²) in [5, 5.41) is 1.28. The van der Waals surface area contributed by atoms with E-state index in [1.807, 2.05) is 6.92 Å². The molecule has 7 nitrogen and oxygen atoms in total. The standard InChI is InChI=1S/C22H27N5O2S/c1-14-23-18-17-15-4-2-3-5-16(15)20(26-6-10-28-11-7-26)25-22(17)30-19(18)21(24-14)27-8-12-29-13-9-27/h2-13H2,1H3. The van der Waals surface area contributed by atoms with Gasteiger partial charge in [-0.3, -0.25) is 0 Å². The summed E-state index contributed by atoms with van der Waals surface area (Å²) in [7, 11) is 0. The molecule has 0 unspecified atom stereocenters. The highest BCUT2D eigenvalue weighted by molar-refractivity contribution is 7.26. The summed E-state index contributed by atoms with van der Waals surface area (Å²) in [6.45, 7) is 8.69. The molecule has 0 saturated carbocycles. The van der Waals surface area contributed by atoms with Crippen molar-refractivity contribution >= 4 is 43.4 Å². The van der Waals surface area contributed by atoms with E-state index in [4.69, 9.17) is 24.4 Å². The molecule has 3 aliphatic rings. The minimum absolute atomic E-state index is 0.754. The van der Waals surface area contributed by atoms with Crippen LogP contribution in [0.4, 0.5) is 11.6 Å². The van der Waals surface area contributed by atoms with E-state index in [1.165, 1.54) is 39.9 Å². The summed E-state index contributed by atoms with van der Waals surface area (Å²) in [4.78, 5) is 20.9. The maximum atomic E-state index is 5.60. The lowest BCUT2D eigenvalue weighted by molar-refractivity contribution is 0.122. The first kappa shape index (κ1) is 18.7. The van der Waals surface area contributed by atoms with Crippen LogP contribution in [0.3, 0.4) is 0 Å². The fourth-order valence-electron chi connectivity index (χ4n) is 5.03. The van der Waals surface area contributed by atoms with Crippen LogP contribution in [0.15, 0.2) is 0 Å². The molecule has 5 heterocycles. The molecule has 0 atom stereocenters. The van der Waals surface area contributed by atoms with Gasteiger partial charge in [0.15, 0.2) is 5.82 Å². The number of thiophene rings is 1. The van der Waals surface area contributed by atoms with Gasteiger partial charge in [0, 0.05) is 31.6 Å². The maximum Gasteiger partial charge on any atom is 0.150 e. The Bertz CT molecular complexity index is 1100. The number of aromatic nitrogens is 3. The fourth-order valence-corrected chi connectivity index (χ4v) is 6.19. The van der Waals surface area contributed by atoms with Crippen LogP contribution in [0.5, 0.6) is 0 Å². The highest BCUT2D eigenvalue weighted by Gasteiger charge is 2.27. The Balaban J connectivity index is 1.59. The predicted octanol–water partition coefficient (Wildman–Crippen LogP) is 3.10. The number of hydrogen-bond acceptors (Lipinski definition) is 8. The number of fused-ring (bicyclic) bond motifs is 5. The molecule has 1 aliphatic carbocycles. The van der Waals surface area contributed by atoms with Crippen LogP contribution in [0.1, 0.15) is 29.8 Å². The molecule has 0 aromatic carbocycles. The Hall–Kier alpha value is -2.03. The quantitative estimate of drug-likeness (QED) is 0.625. The summed E-state index contributed by atoms with van der Waals surface area (Å²) in [6.07, 6.45) is 4.72. The Labute approximate surface area is 180 Å². The van der Waals surface area contributed by atoms with Crippen molar-refractivity contribution in [3.63, 3.8) is 0 Å². The lowest BCUT2D eigenvalue weighted by Gasteiger charge is -2.31. The van der Waals surface area contributed by atoms with E-state index >= 15 is 0 Å². The minimum Gasteiger partial charge on any atom is -0.378 e. The summed E-state index contributed by atoms with van der Waals surface area (Å²) in [5.74, 6) is 3.08. The average Bonchev–Trinajstić information content (AvgIpc) is 3.17. The van der Waals surface area contributed by atoms with Crippen LogP contribution in [0, 0.1) is 6.92 Å². The van der Waals surface area contributed by atoms with Crippen LogP contribution in [0.2, 0.25) is 0 Å². The second-order valence-corrected chi connectivity index (χ2v) is 9.35. The number of aryl methyl sites for hydroxylation is 2. The maximum absolute atomic E-state index is 5.60. The van der Waals surface area contributed by atoms with Gasteiger partial charge in [-0.1, -0.05) is 0 Å². The van der Waals surface area contributed by atoms with E-state index in [2.05, 4.69) is 9.80 Å². The summed E-state index contributed by atoms with van der Waals surface area (Å²) < 4.78 is 12.3. The lowest BCUT2D eigenvalue weighted by Crippen LogP contribution is -2.37. The van der Waals surface area contributed by atoms with Crippen molar-refractivity contribution < 1.29 is 9.47 Å². The Morgan fingerprint density at radius 1 is 0.767 bits per heavy atom. The topological polar surface area (TPSA) is 63.6 Å². The average molecular weight is 426 g/mol. The molecule has 30 heavy (non-hydrogen) atoms. The van der Waals surface area contributed by atoms with Crippen molar-refractivity contribution in [3.8, 4) is 0 Å². The third kappa shape index (κ3) is 3.04. The molecule has 2 aliphatic heterocycles. The van der Waals surface area contributed by atoms with E-state index < -0.39 is 0 Å². The molecule has 6 rings (SSSR count). The van der Waals surface area contributed by atoms with Gasteiger partial charge in [-0.15, -0.1) is 11.3 Å². The Morgan fingerprint density at radius 3 is 2.10 bits per heavy atom. The highest BCUT2D eigenvalue weighted by Crippen LogP contribution is 2.43. The predicted molar refractivity (Wildman–Crippen MR) is 120 cm³/mol. The zero-order valence-electron chi connectivity index (χ0n) is 17.4. The molecular weight excluding hydrogens is 398 g/mol. The smallest absolute Gasteiger partial charge is 0.150 e. The molecule has 2 fully saturated rings. The van der Waals surface area contributed by atoms with Crippen LogP contribution in [-0.4, -0.2) is 67.6 Å². The molecule has 0 radical (unpaired) electrons. The molecule has 0 spiro atoms. The number of rotatable bonds is 2. The molecule has 3 aromatic rings. The molecule has 3 aromatic heterocycles. The SMILES string of the molecule is Cc1nc(N2CCOCC2)c2sc3nc(N4CCOCC4)c4c(c3c2n1)CCCC4. The Kier molecular flexibility index (Phi) is 4.73. The van der Waals surface area contributed by atoms with Gasteiger partial charge in [0.1, 0.15) is 16.5 Å². The van der Waals surface area contributed by atoms with Crippen molar-refractivity contribution in [2.24, 2.45) is 0 Å². The Morgan fingerprint density at radius 2 is 1.40 bits per heavy atom. The first-order valence-electron chi connectivity index (χ1n) is 11.1. The van der Waals surface area contributed by atoms with Crippen LogP contribution in [0.25, 0.3) is 20.4 Å². The van der Waals surface area contributed by atoms with Crippen molar-refractivity contribution in [2.75, 3.05) is 62.4 Å². The molecule has 0 amide bonds. The normalized spacial score (nSPS) is 20.2. The summed E-state index contributed by atoms with van der Waals surface area (Å²) in [6, 6.07) is 0. The number of nitrogens with zero attached hydrogens (tertiary/aromatic N) is 5. The van der Waals surface area contributed by atoms with E-state index in [-0.39, 0.29) is 0 Å². The molecule has 158 valence electrons. The number of morpholine rings is 2. The van der Waals surface area contributed by atoms with E-state index in [0.717, 1.165) is 87.4 Å². The van der Waals surface area contributed by atoms with Gasteiger partial charge in [0.05, 0.1) is 36.6 Å². The highest BCUT2D eigenvalue weighted by atomic mass is 32.1. The summed E-state index contributed by atoms with van der Waals surface area (Å²) >= 11 is 1.77. The molecule has 8 heteroatoms. The van der Waals surface area contributed by atoms with Crippen molar-refractivity contribution in [1.29, 1.82) is 0 Å². The van der Waals surface area contributed by atoms with Crippen molar-refractivity contribution in [2.45, 2.75) is 32.6 Å². The van der Waals surface area contributed by atoms with Crippen molar-refractivity contribution in [1.82, 2.24) is 15.0 Å². The number of anilines is 2. The first-order chi connectivity index (χ1) is 14.8. The van der Waals surface area contributed by atoms with Crippen LogP contribution < -0.4 is 9.80 Å². The first-order valence-corrected chi connectivity index (χ1v) is 11.9. The third-order valence-corrected chi connectivity index (χ3v) is 7.55. The monoisotopic (exact) mass is 425 g/mol. The zero-order chi connectivity index (χ0) is 20.1. The van der Waals surface area contributed by atoms with Gasteiger partial charge < -0.3 is 19.3 Å². The number of hydrogen-bond donors (Lipinski definition) is 0. The molecule has 0 N–H and O–H groups in total. The minimum atomic E-state index is 0.754. The fraction of sp³-hybridized carbons (Fsp3) is 0.591. The molecule has 2 saturated heterocycles. The number of pyridine rings is 1. The summed E-state index contributed by atoms with van der Waals surface area (Å²) in [5.41, 5.74) is 4.02. The largest absolute Gasteiger partial charge is 0.378 e. The van der Waals surface area contributed by atoms with Crippen LogP contribution in [-0.2, 0) is 22.3 Å². The third-order valence-electron chi connectivity index (χ3n) is 6.48. The van der Waals surface area contributed by atoms with E-state index in [9.17, 15) is 0 Å². The zero-order valence-corrected chi connectivity index (χ0v) is 18.3. The van der Waals surface area contributed by atoms with Gasteiger partial charge >= 0.3 is 0 Å². The van der Waals surface area contributed by atoms with Gasteiger partial charge in [-0.05, 0) is 43.7 Å².